The van der Waals surface area contributed by atoms with Crippen LogP contribution in [0.4, 0.5) is 17.1 Å². The number of benzene rings is 1. The number of hydrogen-bond donors (Lipinski definition) is 4. The Balaban J connectivity index is 1.50. The number of nitrogens with one attached hydrogen (secondary N) is 3. The molecule has 2 aromatic rings. The third-order valence-electron chi connectivity index (χ3n) is 5.46. The zero-order valence-electron chi connectivity index (χ0n) is 15.9. The Morgan fingerprint density at radius 1 is 1.25 bits per heavy atom. The molecule has 7 nitrogen and oxygen atoms in total. The van der Waals surface area contributed by atoms with Crippen molar-refractivity contribution in [3.8, 4) is 0 Å². The Bertz CT molecular complexity index is 826. The summed E-state index contributed by atoms with van der Waals surface area (Å²) in [6.07, 6.45) is 9.60. The third kappa shape index (κ3) is 4.32. The van der Waals surface area contributed by atoms with Crippen LogP contribution in [0, 0.1) is 5.41 Å². The van der Waals surface area contributed by atoms with E-state index in [2.05, 4.69) is 20.6 Å². The largest absolute Gasteiger partial charge is 0.395 e. The molecule has 1 aliphatic heterocycles. The molecule has 1 saturated heterocycles. The first-order chi connectivity index (χ1) is 13.7. The van der Waals surface area contributed by atoms with Gasteiger partial charge >= 0.3 is 0 Å². The molecule has 4 N–H and O–H groups in total. The van der Waals surface area contributed by atoms with Crippen LogP contribution in [0.1, 0.15) is 37.3 Å². The second-order valence-electron chi connectivity index (χ2n) is 7.54. The number of aliphatic hydroxyl groups is 1. The molecule has 0 atom stereocenters. The lowest BCUT2D eigenvalue weighted by molar-refractivity contribution is 0.277. The minimum absolute atomic E-state index is 0.170. The summed E-state index contributed by atoms with van der Waals surface area (Å²) in [4.78, 5) is 2.30. The van der Waals surface area contributed by atoms with Gasteiger partial charge < -0.3 is 26.0 Å². The highest BCUT2D eigenvalue weighted by molar-refractivity contribution is 6.33. The SMILES string of the molecule is N=Cc1cc(Cl)c(N2CCC(NCCO)CC2)cc1Nc1cnn(C2CC2)c1. The molecule has 1 aliphatic carbocycles. The smallest absolute Gasteiger partial charge is 0.0770 e. The highest BCUT2D eigenvalue weighted by Gasteiger charge is 2.25. The van der Waals surface area contributed by atoms with Gasteiger partial charge in [-0.2, -0.15) is 5.10 Å². The number of hydrogen-bond acceptors (Lipinski definition) is 6. The second kappa shape index (κ2) is 8.51. The zero-order valence-corrected chi connectivity index (χ0v) is 16.6. The van der Waals surface area contributed by atoms with Crippen LogP contribution in [-0.2, 0) is 0 Å². The first kappa shape index (κ1) is 19.2. The molecule has 8 heteroatoms. The maximum Gasteiger partial charge on any atom is 0.0770 e. The Morgan fingerprint density at radius 2 is 2.04 bits per heavy atom. The van der Waals surface area contributed by atoms with Gasteiger partial charge in [-0.15, -0.1) is 0 Å². The van der Waals surface area contributed by atoms with Gasteiger partial charge in [-0.05, 0) is 37.8 Å². The molecular formula is C20H27ClN6O. The van der Waals surface area contributed by atoms with E-state index >= 15 is 0 Å². The van der Waals surface area contributed by atoms with Crippen LogP contribution < -0.4 is 15.5 Å². The predicted molar refractivity (Wildman–Crippen MR) is 113 cm³/mol. The van der Waals surface area contributed by atoms with Gasteiger partial charge in [-0.1, -0.05) is 11.6 Å². The molecule has 2 fully saturated rings. The minimum atomic E-state index is 0.170. The maximum atomic E-state index is 8.98. The van der Waals surface area contributed by atoms with Crippen molar-refractivity contribution in [1.82, 2.24) is 15.1 Å². The van der Waals surface area contributed by atoms with Gasteiger partial charge in [0.1, 0.15) is 0 Å². The van der Waals surface area contributed by atoms with Crippen LogP contribution in [0.25, 0.3) is 0 Å². The molecule has 150 valence electrons. The molecule has 2 aliphatic rings. The van der Waals surface area contributed by atoms with Gasteiger partial charge in [0.15, 0.2) is 0 Å². The number of nitrogens with zero attached hydrogens (tertiary/aromatic N) is 3. The van der Waals surface area contributed by atoms with Crippen molar-refractivity contribution in [3.05, 3.63) is 35.1 Å². The van der Waals surface area contributed by atoms with Crippen LogP contribution in [0.3, 0.4) is 0 Å². The average Bonchev–Trinajstić information content (AvgIpc) is 3.47. The van der Waals surface area contributed by atoms with E-state index in [1.54, 1.807) is 0 Å². The van der Waals surface area contributed by atoms with E-state index in [1.165, 1.54) is 19.1 Å². The summed E-state index contributed by atoms with van der Waals surface area (Å²) >= 11 is 6.55. The number of piperidine rings is 1. The summed E-state index contributed by atoms with van der Waals surface area (Å²) in [5.74, 6) is 0. The second-order valence-corrected chi connectivity index (χ2v) is 7.95. The summed E-state index contributed by atoms with van der Waals surface area (Å²) in [5, 5.41) is 28.6. The highest BCUT2D eigenvalue weighted by Crippen LogP contribution is 2.36. The summed E-state index contributed by atoms with van der Waals surface area (Å²) in [6.45, 7) is 2.63. The maximum absolute atomic E-state index is 8.98. The van der Waals surface area contributed by atoms with Crippen LogP contribution >= 0.6 is 11.6 Å². The van der Waals surface area contributed by atoms with Crippen LogP contribution in [0.5, 0.6) is 0 Å². The molecule has 0 amide bonds. The molecular weight excluding hydrogens is 376 g/mol. The predicted octanol–water partition coefficient (Wildman–Crippen LogP) is 3.16. The Morgan fingerprint density at radius 3 is 2.71 bits per heavy atom. The van der Waals surface area contributed by atoms with Crippen LogP contribution in [0.2, 0.25) is 5.02 Å². The molecule has 2 heterocycles. The summed E-state index contributed by atoms with van der Waals surface area (Å²) < 4.78 is 2.01. The third-order valence-corrected chi connectivity index (χ3v) is 5.76. The lowest BCUT2D eigenvalue weighted by atomic mass is 10.0. The standard InChI is InChI=1S/C20H27ClN6O/c21-18-9-14(11-22)19(25-16-12-24-27(13-16)17-1-2-17)10-20(18)26-6-3-15(4-7-26)23-5-8-28/h9-13,15,17,22-23,25,28H,1-8H2. The van der Waals surface area contributed by atoms with Gasteiger partial charge in [-0.25, -0.2) is 0 Å². The van der Waals surface area contributed by atoms with Crippen molar-refractivity contribution in [2.24, 2.45) is 0 Å². The van der Waals surface area contributed by atoms with Crippen molar-refractivity contribution in [3.63, 3.8) is 0 Å². The lowest BCUT2D eigenvalue weighted by Crippen LogP contribution is -2.43. The van der Waals surface area contributed by atoms with Gasteiger partial charge in [0.2, 0.25) is 0 Å². The molecule has 28 heavy (non-hydrogen) atoms. The monoisotopic (exact) mass is 402 g/mol. The van der Waals surface area contributed by atoms with Crippen LogP contribution in [0.15, 0.2) is 24.5 Å². The van der Waals surface area contributed by atoms with E-state index in [0.717, 1.165) is 48.6 Å². The topological polar surface area (TPSA) is 89.2 Å². The fourth-order valence-corrected chi connectivity index (χ4v) is 4.03. The molecule has 1 saturated carbocycles. The minimum Gasteiger partial charge on any atom is -0.395 e. The summed E-state index contributed by atoms with van der Waals surface area (Å²) in [6, 6.07) is 4.87. The number of anilines is 3. The van der Waals surface area contributed by atoms with E-state index in [4.69, 9.17) is 22.1 Å². The van der Waals surface area contributed by atoms with E-state index in [9.17, 15) is 0 Å². The van der Waals surface area contributed by atoms with Gasteiger partial charge in [0.05, 0.1) is 35.2 Å². The van der Waals surface area contributed by atoms with Crippen molar-refractivity contribution in [2.45, 2.75) is 37.8 Å². The van der Waals surface area contributed by atoms with Gasteiger partial charge in [-0.3, -0.25) is 4.68 Å². The van der Waals surface area contributed by atoms with Crippen molar-refractivity contribution in [1.29, 1.82) is 5.41 Å². The van der Waals surface area contributed by atoms with Gasteiger partial charge in [0.25, 0.3) is 0 Å². The number of halogens is 1. The Hall–Kier alpha value is -2.09. The molecule has 4 rings (SSSR count). The quantitative estimate of drug-likeness (QED) is 0.509. The Labute approximate surface area is 170 Å². The van der Waals surface area contributed by atoms with Crippen molar-refractivity contribution >= 4 is 34.9 Å². The first-order valence-corrected chi connectivity index (χ1v) is 10.3. The summed E-state index contributed by atoms with van der Waals surface area (Å²) in [7, 11) is 0. The molecule has 0 unspecified atom stereocenters. The fourth-order valence-electron chi connectivity index (χ4n) is 3.74. The van der Waals surface area contributed by atoms with Crippen molar-refractivity contribution < 1.29 is 5.11 Å². The highest BCUT2D eigenvalue weighted by atomic mass is 35.5. The lowest BCUT2D eigenvalue weighted by Gasteiger charge is -2.35. The zero-order chi connectivity index (χ0) is 19.5. The normalized spacial score (nSPS) is 17.7. The van der Waals surface area contributed by atoms with Crippen molar-refractivity contribution in [2.75, 3.05) is 36.5 Å². The fraction of sp³-hybridized carbons (Fsp3) is 0.500. The number of aromatic nitrogens is 2. The molecule has 1 aromatic carbocycles. The summed E-state index contributed by atoms with van der Waals surface area (Å²) in [5.41, 5.74) is 3.54. The van der Waals surface area contributed by atoms with E-state index in [1.807, 2.05) is 29.2 Å². The number of aliphatic hydroxyl groups excluding tert-OH is 1. The van der Waals surface area contributed by atoms with Gasteiger partial charge in [0, 0.05) is 49.3 Å². The molecule has 0 bridgehead atoms. The van der Waals surface area contributed by atoms with Crippen LogP contribution in [-0.4, -0.2) is 53.4 Å². The Kier molecular flexibility index (Phi) is 5.85. The molecule has 0 spiro atoms. The number of rotatable bonds is 8. The molecule has 0 radical (unpaired) electrons. The molecule has 1 aromatic heterocycles. The van der Waals surface area contributed by atoms with E-state index in [-0.39, 0.29) is 6.61 Å². The van der Waals surface area contributed by atoms with E-state index in [0.29, 0.717) is 23.7 Å². The first-order valence-electron chi connectivity index (χ1n) is 9.92. The van der Waals surface area contributed by atoms with E-state index < -0.39 is 0 Å². The average molecular weight is 403 g/mol.